The van der Waals surface area contributed by atoms with Gasteiger partial charge in [0.25, 0.3) is 0 Å². The van der Waals surface area contributed by atoms with Gasteiger partial charge in [0.05, 0.1) is 12.4 Å². The van der Waals surface area contributed by atoms with Crippen LogP contribution in [-0.2, 0) is 4.74 Å². The summed E-state index contributed by atoms with van der Waals surface area (Å²) in [6.07, 6.45) is 21.2. The third-order valence-electron chi connectivity index (χ3n) is 5.89. The summed E-state index contributed by atoms with van der Waals surface area (Å²) in [7, 11) is 0. The molecule has 1 heteroatoms. The molecular weight excluding hydrogens is 256 g/mol. The predicted octanol–water partition coefficient (Wildman–Crippen LogP) is 6.48. The molecule has 0 aromatic carbocycles. The molecule has 0 heterocycles. The van der Waals surface area contributed by atoms with Crippen LogP contribution in [0.25, 0.3) is 0 Å². The van der Waals surface area contributed by atoms with Crippen molar-refractivity contribution in [1.29, 1.82) is 0 Å². The number of ether oxygens (including phenoxy) is 1. The second-order valence-electron chi connectivity index (χ2n) is 7.39. The van der Waals surface area contributed by atoms with Crippen molar-refractivity contribution >= 4 is 0 Å². The van der Waals surface area contributed by atoms with E-state index in [1.54, 1.807) is 0 Å². The third kappa shape index (κ3) is 5.68. The average molecular weight is 293 g/mol. The maximum Gasteiger partial charge on any atom is 0.0981 e. The largest absolute Gasteiger partial charge is 0.498 e. The standard InChI is InChI=1S/C20H36O/c1-3-5-6-7-15-21-20-10-8-9-19(16-20)18-13-11-17(4-2)12-14-18/h7,15,17-20H,3-6,8-14,16H2,1-2H3/b15-7+. The fourth-order valence-electron chi connectivity index (χ4n) is 4.36. The molecule has 0 aromatic heterocycles. The van der Waals surface area contributed by atoms with Crippen LogP contribution in [0.1, 0.15) is 90.9 Å². The normalized spacial score (nSPS) is 34.2. The molecular formula is C20H36O. The summed E-state index contributed by atoms with van der Waals surface area (Å²) in [5.74, 6) is 2.98. The highest BCUT2D eigenvalue weighted by Crippen LogP contribution is 2.41. The highest BCUT2D eigenvalue weighted by atomic mass is 16.5. The number of allylic oxidation sites excluding steroid dienone is 1. The summed E-state index contributed by atoms with van der Waals surface area (Å²) in [5.41, 5.74) is 0. The van der Waals surface area contributed by atoms with Gasteiger partial charge in [0.15, 0.2) is 0 Å². The zero-order valence-electron chi connectivity index (χ0n) is 14.4. The number of hydrogen-bond donors (Lipinski definition) is 0. The third-order valence-corrected chi connectivity index (χ3v) is 5.89. The molecule has 2 aliphatic rings. The van der Waals surface area contributed by atoms with Crippen LogP contribution >= 0.6 is 0 Å². The van der Waals surface area contributed by atoms with Crippen LogP contribution < -0.4 is 0 Å². The molecule has 0 spiro atoms. The van der Waals surface area contributed by atoms with E-state index in [1.165, 1.54) is 77.0 Å². The fraction of sp³-hybridized carbons (Fsp3) is 0.900. The molecule has 1 nitrogen and oxygen atoms in total. The summed E-state index contributed by atoms with van der Waals surface area (Å²) in [4.78, 5) is 0. The van der Waals surface area contributed by atoms with Gasteiger partial charge in [-0.05, 0) is 75.2 Å². The first-order chi connectivity index (χ1) is 10.3. The lowest BCUT2D eigenvalue weighted by Crippen LogP contribution is -2.29. The molecule has 0 radical (unpaired) electrons. The smallest absolute Gasteiger partial charge is 0.0981 e. The predicted molar refractivity (Wildman–Crippen MR) is 91.2 cm³/mol. The Bertz CT molecular complexity index is 288. The molecule has 2 saturated carbocycles. The van der Waals surface area contributed by atoms with E-state index in [-0.39, 0.29) is 0 Å². The molecule has 122 valence electrons. The molecule has 2 atom stereocenters. The Morgan fingerprint density at radius 2 is 1.76 bits per heavy atom. The van der Waals surface area contributed by atoms with Crippen LogP contribution in [-0.4, -0.2) is 6.10 Å². The minimum absolute atomic E-state index is 0.505. The second-order valence-corrected chi connectivity index (χ2v) is 7.39. The first kappa shape index (κ1) is 16.9. The van der Waals surface area contributed by atoms with Gasteiger partial charge in [-0.25, -0.2) is 0 Å². The van der Waals surface area contributed by atoms with Gasteiger partial charge in [0, 0.05) is 0 Å². The molecule has 0 aromatic rings. The fourth-order valence-corrected chi connectivity index (χ4v) is 4.36. The van der Waals surface area contributed by atoms with E-state index in [4.69, 9.17) is 4.74 Å². The molecule has 2 fully saturated rings. The zero-order valence-corrected chi connectivity index (χ0v) is 14.4. The van der Waals surface area contributed by atoms with Gasteiger partial charge in [0.1, 0.15) is 0 Å². The average Bonchev–Trinajstić information content (AvgIpc) is 2.55. The molecule has 21 heavy (non-hydrogen) atoms. The van der Waals surface area contributed by atoms with Crippen molar-refractivity contribution in [3.8, 4) is 0 Å². The number of unbranched alkanes of at least 4 members (excludes halogenated alkanes) is 2. The summed E-state index contributed by atoms with van der Waals surface area (Å²) >= 11 is 0. The first-order valence-electron chi connectivity index (χ1n) is 9.63. The Morgan fingerprint density at radius 1 is 0.952 bits per heavy atom. The highest BCUT2D eigenvalue weighted by molar-refractivity contribution is 4.84. The topological polar surface area (TPSA) is 9.23 Å². The minimum atomic E-state index is 0.505. The maximum atomic E-state index is 6.01. The minimum Gasteiger partial charge on any atom is -0.498 e. The molecule has 0 amide bonds. The second kappa shape index (κ2) is 9.54. The van der Waals surface area contributed by atoms with Crippen LogP contribution in [0.4, 0.5) is 0 Å². The van der Waals surface area contributed by atoms with E-state index in [1.807, 2.05) is 6.26 Å². The Morgan fingerprint density at radius 3 is 2.48 bits per heavy atom. The van der Waals surface area contributed by atoms with Crippen LogP contribution in [0.3, 0.4) is 0 Å². The number of rotatable bonds is 7. The van der Waals surface area contributed by atoms with E-state index >= 15 is 0 Å². The quantitative estimate of drug-likeness (QED) is 0.385. The Labute approximate surface area is 132 Å². The summed E-state index contributed by atoms with van der Waals surface area (Å²) in [5, 5.41) is 0. The van der Waals surface area contributed by atoms with Crippen molar-refractivity contribution in [2.45, 2.75) is 97.0 Å². The van der Waals surface area contributed by atoms with Crippen molar-refractivity contribution < 1.29 is 4.74 Å². The molecule has 0 saturated heterocycles. The molecule has 0 N–H and O–H groups in total. The zero-order chi connectivity index (χ0) is 14.9. The first-order valence-corrected chi connectivity index (χ1v) is 9.63. The lowest BCUT2D eigenvalue weighted by atomic mass is 9.70. The SMILES string of the molecule is CCCC/C=C/OC1CCCC(C2CCC(CC)CC2)C1. The summed E-state index contributed by atoms with van der Waals surface area (Å²) < 4.78 is 6.01. The van der Waals surface area contributed by atoms with Crippen molar-refractivity contribution in [1.82, 2.24) is 0 Å². The number of hydrogen-bond acceptors (Lipinski definition) is 1. The molecule has 0 aliphatic heterocycles. The van der Waals surface area contributed by atoms with Gasteiger partial charge in [-0.3, -0.25) is 0 Å². The lowest BCUT2D eigenvalue weighted by molar-refractivity contribution is 0.0513. The van der Waals surface area contributed by atoms with Crippen molar-refractivity contribution in [2.75, 3.05) is 0 Å². The van der Waals surface area contributed by atoms with E-state index < -0.39 is 0 Å². The lowest BCUT2D eigenvalue weighted by Gasteiger charge is -2.38. The molecule has 2 aliphatic carbocycles. The monoisotopic (exact) mass is 292 g/mol. The Kier molecular flexibility index (Phi) is 7.68. The van der Waals surface area contributed by atoms with Crippen LogP contribution in [0, 0.1) is 17.8 Å². The van der Waals surface area contributed by atoms with Crippen molar-refractivity contribution in [3.63, 3.8) is 0 Å². The van der Waals surface area contributed by atoms with Gasteiger partial charge in [-0.1, -0.05) is 39.5 Å². The van der Waals surface area contributed by atoms with Gasteiger partial charge >= 0.3 is 0 Å². The molecule has 2 unspecified atom stereocenters. The van der Waals surface area contributed by atoms with Crippen molar-refractivity contribution in [2.24, 2.45) is 17.8 Å². The molecule has 0 bridgehead atoms. The van der Waals surface area contributed by atoms with E-state index in [0.717, 1.165) is 17.8 Å². The van der Waals surface area contributed by atoms with E-state index in [9.17, 15) is 0 Å². The molecule has 2 rings (SSSR count). The van der Waals surface area contributed by atoms with E-state index in [2.05, 4.69) is 19.9 Å². The summed E-state index contributed by atoms with van der Waals surface area (Å²) in [6.45, 7) is 4.61. The van der Waals surface area contributed by atoms with Crippen molar-refractivity contribution in [3.05, 3.63) is 12.3 Å². The summed E-state index contributed by atoms with van der Waals surface area (Å²) in [6, 6.07) is 0. The van der Waals surface area contributed by atoms with Crippen LogP contribution in [0.2, 0.25) is 0 Å². The van der Waals surface area contributed by atoms with Crippen LogP contribution in [0.15, 0.2) is 12.3 Å². The Balaban J connectivity index is 1.69. The maximum absolute atomic E-state index is 6.01. The Hall–Kier alpha value is -0.460. The van der Waals surface area contributed by atoms with Crippen LogP contribution in [0.5, 0.6) is 0 Å². The van der Waals surface area contributed by atoms with Gasteiger partial charge in [0.2, 0.25) is 0 Å². The highest BCUT2D eigenvalue weighted by Gasteiger charge is 2.31. The van der Waals surface area contributed by atoms with Gasteiger partial charge < -0.3 is 4.74 Å². The van der Waals surface area contributed by atoms with Gasteiger partial charge in [-0.15, -0.1) is 0 Å². The van der Waals surface area contributed by atoms with E-state index in [0.29, 0.717) is 6.10 Å². The van der Waals surface area contributed by atoms with Gasteiger partial charge in [-0.2, -0.15) is 0 Å².